The number of methoxy groups -OCH3 is 2. The van der Waals surface area contributed by atoms with E-state index in [1.165, 1.54) is 13.2 Å². The highest BCUT2D eigenvalue weighted by molar-refractivity contribution is 5.48. The van der Waals surface area contributed by atoms with Crippen LogP contribution in [0.5, 0.6) is 5.75 Å². The molecule has 0 saturated heterocycles. The van der Waals surface area contributed by atoms with Crippen LogP contribution in [0.3, 0.4) is 0 Å². The SMILES string of the molecule is COc1cc(F)nc(N2CCc3nc(-n4cccn4)ncc3C2OC)c1. The van der Waals surface area contributed by atoms with Crippen LogP contribution in [0.1, 0.15) is 17.5 Å². The van der Waals surface area contributed by atoms with Crippen LogP contribution in [0.4, 0.5) is 10.2 Å². The molecule has 0 amide bonds. The Morgan fingerprint density at radius 2 is 2.12 bits per heavy atom. The van der Waals surface area contributed by atoms with Gasteiger partial charge in [-0.15, -0.1) is 0 Å². The zero-order valence-electron chi connectivity index (χ0n) is 14.3. The summed E-state index contributed by atoms with van der Waals surface area (Å²) in [6.07, 6.45) is 5.35. The lowest BCUT2D eigenvalue weighted by atomic mass is 10.1. The number of ether oxygens (including phenoxy) is 2. The first-order valence-corrected chi connectivity index (χ1v) is 8.06. The number of nitrogens with zero attached hydrogens (tertiary/aromatic N) is 6. The lowest BCUT2D eigenvalue weighted by Crippen LogP contribution is -2.38. The quantitative estimate of drug-likeness (QED) is 0.661. The van der Waals surface area contributed by atoms with Crippen molar-refractivity contribution in [3.05, 3.63) is 54.0 Å². The number of rotatable bonds is 4. The van der Waals surface area contributed by atoms with Crippen molar-refractivity contribution in [2.24, 2.45) is 0 Å². The molecule has 9 heteroatoms. The van der Waals surface area contributed by atoms with Gasteiger partial charge in [0.25, 0.3) is 5.95 Å². The van der Waals surface area contributed by atoms with Crippen molar-refractivity contribution < 1.29 is 13.9 Å². The molecule has 0 aliphatic carbocycles. The Labute approximate surface area is 149 Å². The van der Waals surface area contributed by atoms with E-state index >= 15 is 0 Å². The fourth-order valence-electron chi connectivity index (χ4n) is 3.05. The third-order valence-corrected chi connectivity index (χ3v) is 4.24. The second-order valence-corrected chi connectivity index (χ2v) is 5.74. The molecule has 8 nitrogen and oxygen atoms in total. The van der Waals surface area contributed by atoms with Gasteiger partial charge in [0.05, 0.1) is 12.8 Å². The topological polar surface area (TPSA) is 78.2 Å². The number of aromatic nitrogens is 5. The predicted molar refractivity (Wildman–Crippen MR) is 90.7 cm³/mol. The maximum Gasteiger partial charge on any atom is 0.250 e. The lowest BCUT2D eigenvalue weighted by Gasteiger charge is -2.36. The van der Waals surface area contributed by atoms with Crippen molar-refractivity contribution in [3.8, 4) is 11.7 Å². The van der Waals surface area contributed by atoms with E-state index in [2.05, 4.69) is 20.1 Å². The average molecular weight is 356 g/mol. The van der Waals surface area contributed by atoms with Crippen molar-refractivity contribution in [2.75, 3.05) is 25.7 Å². The number of anilines is 1. The van der Waals surface area contributed by atoms with Crippen LogP contribution in [0.2, 0.25) is 0 Å². The van der Waals surface area contributed by atoms with Gasteiger partial charge in [0.2, 0.25) is 5.95 Å². The second kappa shape index (κ2) is 6.68. The van der Waals surface area contributed by atoms with E-state index in [0.29, 0.717) is 30.5 Å². The highest BCUT2D eigenvalue weighted by atomic mass is 19.1. The van der Waals surface area contributed by atoms with E-state index in [1.54, 1.807) is 36.4 Å². The zero-order valence-corrected chi connectivity index (χ0v) is 14.3. The third-order valence-electron chi connectivity index (χ3n) is 4.24. The van der Waals surface area contributed by atoms with Crippen LogP contribution in [0.25, 0.3) is 5.95 Å². The number of pyridine rings is 1. The molecule has 3 aromatic heterocycles. The summed E-state index contributed by atoms with van der Waals surface area (Å²) in [4.78, 5) is 14.8. The van der Waals surface area contributed by atoms with Crippen molar-refractivity contribution in [3.63, 3.8) is 0 Å². The van der Waals surface area contributed by atoms with Gasteiger partial charge in [-0.25, -0.2) is 19.6 Å². The van der Waals surface area contributed by atoms with E-state index in [9.17, 15) is 4.39 Å². The molecule has 1 unspecified atom stereocenters. The van der Waals surface area contributed by atoms with E-state index in [-0.39, 0.29) is 0 Å². The molecule has 0 bridgehead atoms. The summed E-state index contributed by atoms with van der Waals surface area (Å²) in [5, 5.41) is 4.15. The van der Waals surface area contributed by atoms with Gasteiger partial charge in [-0.2, -0.15) is 9.49 Å². The zero-order chi connectivity index (χ0) is 18.1. The Balaban J connectivity index is 1.71. The first-order chi connectivity index (χ1) is 12.7. The minimum atomic E-state index is -0.606. The second-order valence-electron chi connectivity index (χ2n) is 5.74. The molecule has 26 heavy (non-hydrogen) atoms. The van der Waals surface area contributed by atoms with Gasteiger partial charge in [-0.1, -0.05) is 0 Å². The van der Waals surface area contributed by atoms with Crippen LogP contribution in [0.15, 0.2) is 36.8 Å². The molecular formula is C17H17FN6O2. The number of halogens is 1. The number of hydrogen-bond acceptors (Lipinski definition) is 7. The van der Waals surface area contributed by atoms with Crippen LogP contribution < -0.4 is 9.64 Å². The Kier molecular flexibility index (Phi) is 4.21. The van der Waals surface area contributed by atoms with E-state index in [0.717, 1.165) is 11.3 Å². The third kappa shape index (κ3) is 2.86. The van der Waals surface area contributed by atoms with Gasteiger partial charge in [-0.3, -0.25) is 0 Å². The summed E-state index contributed by atoms with van der Waals surface area (Å²) in [7, 11) is 3.08. The predicted octanol–water partition coefficient (Wildman–Crippen LogP) is 1.91. The van der Waals surface area contributed by atoms with Crippen LogP contribution in [-0.2, 0) is 11.2 Å². The van der Waals surface area contributed by atoms with Crippen molar-refractivity contribution in [1.82, 2.24) is 24.7 Å². The molecule has 0 N–H and O–H groups in total. The van der Waals surface area contributed by atoms with Gasteiger partial charge in [0.15, 0.2) is 6.23 Å². The number of hydrogen-bond donors (Lipinski definition) is 0. The fourth-order valence-corrected chi connectivity index (χ4v) is 3.05. The number of fused-ring (bicyclic) bond motifs is 1. The molecular weight excluding hydrogens is 339 g/mol. The molecule has 4 heterocycles. The Morgan fingerprint density at radius 3 is 2.85 bits per heavy atom. The largest absolute Gasteiger partial charge is 0.496 e. The van der Waals surface area contributed by atoms with Crippen molar-refractivity contribution in [2.45, 2.75) is 12.6 Å². The highest BCUT2D eigenvalue weighted by Gasteiger charge is 2.30. The molecule has 0 spiro atoms. The van der Waals surface area contributed by atoms with Crippen molar-refractivity contribution >= 4 is 5.82 Å². The highest BCUT2D eigenvalue weighted by Crippen LogP contribution is 2.33. The summed E-state index contributed by atoms with van der Waals surface area (Å²) < 4.78 is 26.2. The minimum absolute atomic E-state index is 0.401. The molecule has 0 aromatic carbocycles. The molecule has 0 saturated carbocycles. The molecule has 4 rings (SSSR count). The monoisotopic (exact) mass is 356 g/mol. The standard InChI is InChI=1S/C17H17FN6O2/c1-25-11-8-14(18)22-15(9-11)23-7-4-13-12(16(23)26-2)10-19-17(21-13)24-6-3-5-20-24/h3,5-6,8-10,16H,4,7H2,1-2H3. The Hall–Kier alpha value is -3.07. The van der Waals surface area contributed by atoms with Gasteiger partial charge in [0.1, 0.15) is 11.6 Å². The van der Waals surface area contributed by atoms with Gasteiger partial charge < -0.3 is 14.4 Å². The Bertz CT molecular complexity index is 918. The van der Waals surface area contributed by atoms with E-state index in [4.69, 9.17) is 9.47 Å². The van der Waals surface area contributed by atoms with E-state index in [1.807, 2.05) is 11.0 Å². The molecule has 134 valence electrons. The maximum atomic E-state index is 13.8. The van der Waals surface area contributed by atoms with Crippen LogP contribution in [0, 0.1) is 5.95 Å². The summed E-state index contributed by atoms with van der Waals surface area (Å²) in [5.41, 5.74) is 1.69. The Morgan fingerprint density at radius 1 is 1.23 bits per heavy atom. The summed E-state index contributed by atoms with van der Waals surface area (Å²) >= 11 is 0. The molecule has 0 radical (unpaired) electrons. The first kappa shape index (κ1) is 16.4. The fraction of sp³-hybridized carbons (Fsp3) is 0.294. The molecule has 0 fully saturated rings. The summed E-state index contributed by atoms with van der Waals surface area (Å²) in [5.74, 6) is 0.738. The minimum Gasteiger partial charge on any atom is -0.496 e. The smallest absolute Gasteiger partial charge is 0.250 e. The first-order valence-electron chi connectivity index (χ1n) is 8.06. The van der Waals surface area contributed by atoms with Gasteiger partial charge >= 0.3 is 0 Å². The van der Waals surface area contributed by atoms with Gasteiger partial charge in [0, 0.05) is 56.4 Å². The van der Waals surface area contributed by atoms with Crippen LogP contribution >= 0.6 is 0 Å². The summed E-state index contributed by atoms with van der Waals surface area (Å²) in [6.45, 7) is 0.570. The van der Waals surface area contributed by atoms with E-state index < -0.39 is 12.2 Å². The molecule has 3 aromatic rings. The molecule has 1 atom stereocenters. The van der Waals surface area contributed by atoms with Crippen LogP contribution in [-0.4, -0.2) is 45.5 Å². The molecule has 1 aliphatic rings. The normalized spacial score (nSPS) is 16.4. The average Bonchev–Trinajstić information content (AvgIpc) is 3.20. The lowest BCUT2D eigenvalue weighted by molar-refractivity contribution is 0.0925. The summed E-state index contributed by atoms with van der Waals surface area (Å²) in [6, 6.07) is 4.73. The maximum absolute atomic E-state index is 13.8. The van der Waals surface area contributed by atoms with Crippen molar-refractivity contribution in [1.29, 1.82) is 0 Å². The molecule has 1 aliphatic heterocycles. The van der Waals surface area contributed by atoms with Gasteiger partial charge in [-0.05, 0) is 6.07 Å².